The van der Waals surface area contributed by atoms with Crippen LogP contribution in [-0.4, -0.2) is 42.0 Å². The van der Waals surface area contributed by atoms with Crippen LogP contribution in [0, 0.1) is 11.3 Å². The number of esters is 1. The number of rotatable bonds is 2. The SMILES string of the molecule is COC(=O)[C@]12CCC[C@@H]1CN(C(=O)c1cccnc1)C2. The van der Waals surface area contributed by atoms with Crippen LogP contribution in [0.25, 0.3) is 0 Å². The molecule has 2 aliphatic rings. The highest BCUT2D eigenvalue weighted by atomic mass is 16.5. The summed E-state index contributed by atoms with van der Waals surface area (Å²) >= 11 is 0. The van der Waals surface area contributed by atoms with Gasteiger partial charge >= 0.3 is 5.97 Å². The number of hydrogen-bond acceptors (Lipinski definition) is 4. The second-order valence-corrected chi connectivity index (χ2v) is 5.66. The lowest BCUT2D eigenvalue weighted by Gasteiger charge is -2.25. The highest BCUT2D eigenvalue weighted by Gasteiger charge is 2.56. The molecule has 5 nitrogen and oxygen atoms in total. The fourth-order valence-corrected chi connectivity index (χ4v) is 3.65. The van der Waals surface area contributed by atoms with Gasteiger partial charge in [0.1, 0.15) is 0 Å². The Morgan fingerprint density at radius 3 is 3.05 bits per heavy atom. The molecule has 20 heavy (non-hydrogen) atoms. The number of fused-ring (bicyclic) bond motifs is 1. The van der Waals surface area contributed by atoms with E-state index in [-0.39, 0.29) is 17.8 Å². The molecule has 0 radical (unpaired) electrons. The second-order valence-electron chi connectivity index (χ2n) is 5.66. The van der Waals surface area contributed by atoms with E-state index in [9.17, 15) is 9.59 Å². The van der Waals surface area contributed by atoms with Crippen LogP contribution in [0.5, 0.6) is 0 Å². The van der Waals surface area contributed by atoms with E-state index >= 15 is 0 Å². The first-order valence-corrected chi connectivity index (χ1v) is 6.95. The Morgan fingerprint density at radius 2 is 2.35 bits per heavy atom. The lowest BCUT2D eigenvalue weighted by atomic mass is 9.81. The maximum absolute atomic E-state index is 12.5. The van der Waals surface area contributed by atoms with E-state index in [0.29, 0.717) is 18.7 Å². The molecule has 0 aromatic carbocycles. The average Bonchev–Trinajstić information content (AvgIpc) is 3.04. The molecule has 1 aromatic rings. The third-order valence-electron chi connectivity index (χ3n) is 4.66. The molecule has 0 spiro atoms. The van der Waals surface area contributed by atoms with Gasteiger partial charge in [-0.05, 0) is 30.9 Å². The van der Waals surface area contributed by atoms with Crippen molar-refractivity contribution in [1.82, 2.24) is 9.88 Å². The predicted molar refractivity (Wildman–Crippen MR) is 71.9 cm³/mol. The van der Waals surface area contributed by atoms with Crippen molar-refractivity contribution in [2.75, 3.05) is 20.2 Å². The summed E-state index contributed by atoms with van der Waals surface area (Å²) in [4.78, 5) is 30.4. The van der Waals surface area contributed by atoms with Crippen molar-refractivity contribution in [3.05, 3.63) is 30.1 Å². The molecule has 1 aromatic heterocycles. The molecule has 2 atom stereocenters. The Morgan fingerprint density at radius 1 is 1.50 bits per heavy atom. The summed E-state index contributed by atoms with van der Waals surface area (Å²) in [5, 5.41) is 0. The predicted octanol–water partition coefficient (Wildman–Crippen LogP) is 1.50. The van der Waals surface area contributed by atoms with Crippen LogP contribution in [0.3, 0.4) is 0 Å². The molecule has 2 heterocycles. The number of carbonyl (C=O) groups is 2. The minimum atomic E-state index is -0.480. The number of pyridine rings is 1. The summed E-state index contributed by atoms with van der Waals surface area (Å²) in [7, 11) is 1.43. The van der Waals surface area contributed by atoms with Gasteiger partial charge < -0.3 is 9.64 Å². The monoisotopic (exact) mass is 274 g/mol. The lowest BCUT2D eigenvalue weighted by Crippen LogP contribution is -2.38. The Hall–Kier alpha value is -1.91. The van der Waals surface area contributed by atoms with E-state index in [1.807, 2.05) is 0 Å². The summed E-state index contributed by atoms with van der Waals surface area (Å²) in [5.74, 6) is 0.0211. The number of ether oxygens (including phenoxy) is 1. The summed E-state index contributed by atoms with van der Waals surface area (Å²) in [5.41, 5.74) is 0.0968. The van der Waals surface area contributed by atoms with Crippen LogP contribution in [-0.2, 0) is 9.53 Å². The van der Waals surface area contributed by atoms with Crippen molar-refractivity contribution in [2.24, 2.45) is 11.3 Å². The molecule has 0 unspecified atom stereocenters. The van der Waals surface area contributed by atoms with Gasteiger partial charge in [-0.25, -0.2) is 0 Å². The lowest BCUT2D eigenvalue weighted by molar-refractivity contribution is -0.153. The summed E-state index contributed by atoms with van der Waals surface area (Å²) in [6.45, 7) is 1.11. The first-order chi connectivity index (χ1) is 9.67. The number of methoxy groups -OCH3 is 1. The van der Waals surface area contributed by atoms with Gasteiger partial charge in [-0.3, -0.25) is 14.6 Å². The van der Waals surface area contributed by atoms with E-state index in [1.165, 1.54) is 7.11 Å². The topological polar surface area (TPSA) is 59.5 Å². The molecule has 106 valence electrons. The molecule has 0 bridgehead atoms. The number of carbonyl (C=O) groups excluding carboxylic acids is 2. The normalized spacial score (nSPS) is 28.2. The maximum Gasteiger partial charge on any atom is 0.313 e. The van der Waals surface area contributed by atoms with Crippen LogP contribution in [0.2, 0.25) is 0 Å². The second kappa shape index (κ2) is 4.89. The van der Waals surface area contributed by atoms with Gasteiger partial charge in [0.15, 0.2) is 0 Å². The van der Waals surface area contributed by atoms with Gasteiger partial charge in [0, 0.05) is 25.5 Å². The standard InChI is InChI=1S/C15H18N2O3/c1-20-14(19)15-6-2-5-12(15)9-17(10-15)13(18)11-4-3-7-16-8-11/h3-4,7-8,12H,2,5-6,9-10H2,1H3/t12-,15+/m1/s1. The zero-order valence-electron chi connectivity index (χ0n) is 11.5. The molecule has 1 saturated carbocycles. The summed E-state index contributed by atoms with van der Waals surface area (Å²) in [6.07, 6.45) is 6.06. The van der Waals surface area contributed by atoms with Gasteiger partial charge in [0.2, 0.25) is 0 Å². The van der Waals surface area contributed by atoms with E-state index in [0.717, 1.165) is 19.3 Å². The van der Waals surface area contributed by atoms with Crippen molar-refractivity contribution < 1.29 is 14.3 Å². The van der Waals surface area contributed by atoms with Crippen LogP contribution in [0.15, 0.2) is 24.5 Å². The number of aromatic nitrogens is 1. The molecule has 1 aliphatic heterocycles. The van der Waals surface area contributed by atoms with Crippen LogP contribution >= 0.6 is 0 Å². The van der Waals surface area contributed by atoms with E-state index in [4.69, 9.17) is 4.74 Å². The molecule has 2 fully saturated rings. The molecular formula is C15H18N2O3. The molecular weight excluding hydrogens is 256 g/mol. The third-order valence-corrected chi connectivity index (χ3v) is 4.66. The largest absolute Gasteiger partial charge is 0.469 e. The van der Waals surface area contributed by atoms with Crippen molar-refractivity contribution in [3.63, 3.8) is 0 Å². The van der Waals surface area contributed by atoms with Gasteiger partial charge in [0.05, 0.1) is 18.1 Å². The fourth-order valence-electron chi connectivity index (χ4n) is 3.65. The van der Waals surface area contributed by atoms with Crippen LogP contribution in [0.4, 0.5) is 0 Å². The molecule has 5 heteroatoms. The number of likely N-dealkylation sites (tertiary alicyclic amines) is 1. The maximum atomic E-state index is 12.5. The van der Waals surface area contributed by atoms with Crippen LogP contribution in [0.1, 0.15) is 29.6 Å². The zero-order valence-corrected chi connectivity index (χ0v) is 11.5. The smallest absolute Gasteiger partial charge is 0.313 e. The Balaban J connectivity index is 1.82. The summed E-state index contributed by atoms with van der Waals surface area (Å²) < 4.78 is 4.98. The zero-order chi connectivity index (χ0) is 14.2. The van der Waals surface area contributed by atoms with Crippen molar-refractivity contribution in [1.29, 1.82) is 0 Å². The van der Waals surface area contributed by atoms with Crippen molar-refractivity contribution in [3.8, 4) is 0 Å². The van der Waals surface area contributed by atoms with Gasteiger partial charge in [-0.1, -0.05) is 6.42 Å². The van der Waals surface area contributed by atoms with Crippen molar-refractivity contribution >= 4 is 11.9 Å². The number of amides is 1. The summed E-state index contributed by atoms with van der Waals surface area (Å²) in [6, 6.07) is 3.51. The molecule has 3 rings (SSSR count). The van der Waals surface area contributed by atoms with Crippen LogP contribution < -0.4 is 0 Å². The van der Waals surface area contributed by atoms with E-state index in [1.54, 1.807) is 29.4 Å². The third kappa shape index (κ3) is 1.88. The number of hydrogen-bond donors (Lipinski definition) is 0. The molecule has 0 N–H and O–H groups in total. The number of nitrogens with zero attached hydrogens (tertiary/aromatic N) is 2. The minimum absolute atomic E-state index is 0.0456. The highest BCUT2D eigenvalue weighted by Crippen LogP contribution is 2.49. The van der Waals surface area contributed by atoms with Gasteiger partial charge in [0.25, 0.3) is 5.91 Å². The first-order valence-electron chi connectivity index (χ1n) is 6.95. The Kier molecular flexibility index (Phi) is 3.20. The van der Waals surface area contributed by atoms with E-state index in [2.05, 4.69) is 4.98 Å². The quantitative estimate of drug-likeness (QED) is 0.767. The van der Waals surface area contributed by atoms with E-state index < -0.39 is 5.41 Å². The molecule has 1 saturated heterocycles. The first kappa shape index (κ1) is 13.1. The fraction of sp³-hybridized carbons (Fsp3) is 0.533. The highest BCUT2D eigenvalue weighted by molar-refractivity contribution is 5.95. The Bertz CT molecular complexity index is 531. The van der Waals surface area contributed by atoms with Gasteiger partial charge in [-0.2, -0.15) is 0 Å². The van der Waals surface area contributed by atoms with Crippen molar-refractivity contribution in [2.45, 2.75) is 19.3 Å². The van der Waals surface area contributed by atoms with Gasteiger partial charge in [-0.15, -0.1) is 0 Å². The Labute approximate surface area is 117 Å². The average molecular weight is 274 g/mol. The minimum Gasteiger partial charge on any atom is -0.469 e. The molecule has 1 aliphatic carbocycles. The molecule has 1 amide bonds.